The van der Waals surface area contributed by atoms with Gasteiger partial charge in [0.1, 0.15) is 17.8 Å². The molecule has 0 aliphatic rings. The Morgan fingerprint density at radius 2 is 1.70 bits per heavy atom. The second-order valence-corrected chi connectivity index (χ2v) is 4.93. The highest BCUT2D eigenvalue weighted by atomic mass is 16.2. The molecule has 1 aromatic heterocycles. The molecule has 0 fully saturated rings. The normalized spacial score (nSPS) is 10.0. The van der Waals surface area contributed by atoms with Crippen molar-refractivity contribution in [1.29, 1.82) is 0 Å². The van der Waals surface area contributed by atoms with Crippen LogP contribution in [0, 0.1) is 0 Å². The molecule has 0 aliphatic heterocycles. The first-order chi connectivity index (χ1) is 11.1. The van der Waals surface area contributed by atoms with Gasteiger partial charge in [0.25, 0.3) is 5.91 Å². The second-order valence-electron chi connectivity index (χ2n) is 4.93. The zero-order valence-corrected chi connectivity index (χ0v) is 13.1. The summed E-state index contributed by atoms with van der Waals surface area (Å²) in [5, 5.41) is 8.52. The van der Waals surface area contributed by atoms with Crippen LogP contribution in [-0.4, -0.2) is 28.3 Å². The number of hydrogen-bond acceptors (Lipinski definition) is 5. The van der Waals surface area contributed by atoms with Crippen molar-refractivity contribution in [3.63, 3.8) is 0 Å². The number of amides is 2. The summed E-state index contributed by atoms with van der Waals surface area (Å²) in [5.74, 6) is 0.155. The number of hydrogen-bond donors (Lipinski definition) is 3. The highest BCUT2D eigenvalue weighted by Gasteiger charge is 2.09. The third-order valence-electron chi connectivity index (χ3n) is 2.92. The predicted octanol–water partition coefficient (Wildman–Crippen LogP) is 2.51. The number of nitrogens with zero attached hydrogens (tertiary/aromatic N) is 2. The summed E-state index contributed by atoms with van der Waals surface area (Å²) >= 11 is 0. The highest BCUT2D eigenvalue weighted by Crippen LogP contribution is 2.14. The van der Waals surface area contributed by atoms with Gasteiger partial charge in [0.2, 0.25) is 5.91 Å². The third-order valence-corrected chi connectivity index (χ3v) is 2.92. The summed E-state index contributed by atoms with van der Waals surface area (Å²) < 4.78 is 0. The Morgan fingerprint density at radius 3 is 2.30 bits per heavy atom. The smallest absolute Gasteiger partial charge is 0.274 e. The Morgan fingerprint density at radius 1 is 1.04 bits per heavy atom. The van der Waals surface area contributed by atoms with Crippen molar-refractivity contribution in [2.24, 2.45) is 0 Å². The molecule has 0 radical (unpaired) electrons. The van der Waals surface area contributed by atoms with Gasteiger partial charge < -0.3 is 16.0 Å². The fourth-order valence-corrected chi connectivity index (χ4v) is 1.87. The Balaban J connectivity index is 2.02. The SMILES string of the molecule is CCCNc1cc(C(=O)Nc2ccc(NC(C)=O)cc2)ncn1. The van der Waals surface area contributed by atoms with Crippen LogP contribution in [0.15, 0.2) is 36.7 Å². The van der Waals surface area contributed by atoms with Gasteiger partial charge in [-0.2, -0.15) is 0 Å². The molecule has 3 N–H and O–H groups in total. The maximum atomic E-state index is 12.2. The average molecular weight is 313 g/mol. The lowest BCUT2D eigenvalue weighted by Crippen LogP contribution is -2.15. The molecule has 0 atom stereocenters. The molecule has 7 nitrogen and oxygen atoms in total. The molecule has 1 aromatic carbocycles. The molecular formula is C16H19N5O2. The van der Waals surface area contributed by atoms with Crippen molar-refractivity contribution in [3.8, 4) is 0 Å². The van der Waals surface area contributed by atoms with Gasteiger partial charge in [-0.1, -0.05) is 6.92 Å². The Kier molecular flexibility index (Phi) is 5.62. The lowest BCUT2D eigenvalue weighted by atomic mass is 10.2. The number of carbonyl (C=O) groups is 2. The zero-order chi connectivity index (χ0) is 16.7. The average Bonchev–Trinajstić information content (AvgIpc) is 2.54. The zero-order valence-electron chi connectivity index (χ0n) is 13.1. The molecule has 2 aromatic rings. The van der Waals surface area contributed by atoms with Gasteiger partial charge in [0.05, 0.1) is 0 Å². The van der Waals surface area contributed by atoms with Crippen LogP contribution in [0.3, 0.4) is 0 Å². The number of rotatable bonds is 6. The molecule has 2 amide bonds. The van der Waals surface area contributed by atoms with Crippen LogP contribution in [0.5, 0.6) is 0 Å². The second kappa shape index (κ2) is 7.88. The fraction of sp³-hybridized carbons (Fsp3) is 0.250. The van der Waals surface area contributed by atoms with E-state index < -0.39 is 0 Å². The van der Waals surface area contributed by atoms with Crippen molar-refractivity contribution >= 4 is 29.0 Å². The van der Waals surface area contributed by atoms with E-state index >= 15 is 0 Å². The molecule has 1 heterocycles. The standard InChI is InChI=1S/C16H19N5O2/c1-3-8-17-15-9-14(18-10-19-15)16(23)21-13-6-4-12(5-7-13)20-11(2)22/h4-7,9-10H,3,8H2,1-2H3,(H,20,22)(H,21,23)(H,17,18,19). The summed E-state index contributed by atoms with van der Waals surface area (Å²) in [6, 6.07) is 8.45. The number of benzene rings is 1. The predicted molar refractivity (Wildman–Crippen MR) is 89.5 cm³/mol. The summed E-state index contributed by atoms with van der Waals surface area (Å²) in [4.78, 5) is 31.2. The minimum atomic E-state index is -0.320. The van der Waals surface area contributed by atoms with Gasteiger partial charge in [0, 0.05) is 30.9 Å². The minimum Gasteiger partial charge on any atom is -0.370 e. The Bertz CT molecular complexity index is 685. The summed E-state index contributed by atoms with van der Waals surface area (Å²) in [5.41, 5.74) is 1.57. The van der Waals surface area contributed by atoms with Crippen LogP contribution in [0.25, 0.3) is 0 Å². The molecule has 0 unspecified atom stereocenters. The van der Waals surface area contributed by atoms with Gasteiger partial charge in [0.15, 0.2) is 0 Å². The van der Waals surface area contributed by atoms with Crippen molar-refractivity contribution in [3.05, 3.63) is 42.4 Å². The van der Waals surface area contributed by atoms with Gasteiger partial charge in [-0.15, -0.1) is 0 Å². The van der Waals surface area contributed by atoms with Crippen LogP contribution >= 0.6 is 0 Å². The van der Waals surface area contributed by atoms with E-state index in [0.717, 1.165) is 13.0 Å². The maximum absolute atomic E-state index is 12.2. The molecule has 0 saturated carbocycles. The molecular weight excluding hydrogens is 294 g/mol. The first-order valence-electron chi connectivity index (χ1n) is 7.33. The summed E-state index contributed by atoms with van der Waals surface area (Å²) in [7, 11) is 0. The van der Waals surface area contributed by atoms with Crippen LogP contribution in [0.2, 0.25) is 0 Å². The first kappa shape index (κ1) is 16.4. The Labute approximate surface area is 134 Å². The van der Waals surface area contributed by atoms with Crippen LogP contribution in [-0.2, 0) is 4.79 Å². The van der Waals surface area contributed by atoms with Crippen LogP contribution in [0.1, 0.15) is 30.8 Å². The van der Waals surface area contributed by atoms with Gasteiger partial charge in [-0.05, 0) is 30.7 Å². The van der Waals surface area contributed by atoms with Crippen molar-refractivity contribution in [2.75, 3.05) is 22.5 Å². The molecule has 0 aliphatic carbocycles. The molecule has 7 heteroatoms. The Hall–Kier alpha value is -2.96. The molecule has 0 spiro atoms. The van der Waals surface area contributed by atoms with E-state index in [-0.39, 0.29) is 17.5 Å². The summed E-state index contributed by atoms with van der Waals surface area (Å²) in [6.07, 6.45) is 2.32. The van der Waals surface area contributed by atoms with Crippen LogP contribution in [0.4, 0.5) is 17.2 Å². The van der Waals surface area contributed by atoms with E-state index in [0.29, 0.717) is 17.2 Å². The van der Waals surface area contributed by atoms with E-state index in [2.05, 4.69) is 25.9 Å². The van der Waals surface area contributed by atoms with E-state index in [9.17, 15) is 9.59 Å². The number of carbonyl (C=O) groups excluding carboxylic acids is 2. The number of nitrogens with one attached hydrogen (secondary N) is 3. The lowest BCUT2D eigenvalue weighted by molar-refractivity contribution is -0.114. The largest absolute Gasteiger partial charge is 0.370 e. The van der Waals surface area contributed by atoms with E-state index in [1.807, 2.05) is 6.92 Å². The topological polar surface area (TPSA) is 96.0 Å². The van der Waals surface area contributed by atoms with Crippen molar-refractivity contribution in [1.82, 2.24) is 9.97 Å². The van der Waals surface area contributed by atoms with Crippen molar-refractivity contribution < 1.29 is 9.59 Å². The van der Waals surface area contributed by atoms with E-state index in [1.165, 1.54) is 13.3 Å². The summed E-state index contributed by atoms with van der Waals surface area (Å²) in [6.45, 7) is 4.27. The molecule has 0 bridgehead atoms. The molecule has 23 heavy (non-hydrogen) atoms. The highest BCUT2D eigenvalue weighted by molar-refractivity contribution is 6.03. The maximum Gasteiger partial charge on any atom is 0.274 e. The van der Waals surface area contributed by atoms with E-state index in [1.54, 1.807) is 30.3 Å². The minimum absolute atomic E-state index is 0.144. The quantitative estimate of drug-likeness (QED) is 0.761. The van der Waals surface area contributed by atoms with Gasteiger partial charge >= 0.3 is 0 Å². The fourth-order valence-electron chi connectivity index (χ4n) is 1.87. The molecule has 0 saturated heterocycles. The van der Waals surface area contributed by atoms with Gasteiger partial charge in [-0.25, -0.2) is 9.97 Å². The monoisotopic (exact) mass is 313 g/mol. The molecule has 120 valence electrons. The lowest BCUT2D eigenvalue weighted by Gasteiger charge is -2.08. The van der Waals surface area contributed by atoms with E-state index in [4.69, 9.17) is 0 Å². The van der Waals surface area contributed by atoms with Crippen molar-refractivity contribution in [2.45, 2.75) is 20.3 Å². The third kappa shape index (κ3) is 5.06. The van der Waals surface area contributed by atoms with Gasteiger partial charge in [-0.3, -0.25) is 9.59 Å². The van der Waals surface area contributed by atoms with Crippen LogP contribution < -0.4 is 16.0 Å². The number of aromatic nitrogens is 2. The number of anilines is 3. The molecule has 2 rings (SSSR count). The first-order valence-corrected chi connectivity index (χ1v) is 7.33.